The molecule has 1 aromatic carbocycles. The van der Waals surface area contributed by atoms with E-state index < -0.39 is 29.2 Å². The number of aromatic nitrogens is 3. The van der Waals surface area contributed by atoms with Gasteiger partial charge in [0, 0.05) is 32.2 Å². The minimum atomic E-state index is -4.78. The van der Waals surface area contributed by atoms with Crippen LogP contribution in [0.1, 0.15) is 30.1 Å². The maximum absolute atomic E-state index is 13.4. The third kappa shape index (κ3) is 4.72. The summed E-state index contributed by atoms with van der Waals surface area (Å²) in [7, 11) is 0. The largest absolute Gasteiger partial charge is 0.423 e. The topological polar surface area (TPSA) is 98.6 Å². The molecule has 1 unspecified atom stereocenters. The molecule has 5 rings (SSSR count). The molecule has 2 saturated heterocycles. The molecule has 2 fully saturated rings. The summed E-state index contributed by atoms with van der Waals surface area (Å²) in [5.41, 5.74) is -1.59. The van der Waals surface area contributed by atoms with Gasteiger partial charge in [0.15, 0.2) is 5.58 Å². The second-order valence-corrected chi connectivity index (χ2v) is 8.64. The normalized spacial score (nSPS) is 19.6. The Kier molecular flexibility index (Phi) is 5.95. The average molecular weight is 494 g/mol. The lowest BCUT2D eigenvalue weighted by atomic mass is 10.1. The molecule has 2 aliphatic heterocycles. The number of nitrogens with zero attached hydrogens (tertiary/aromatic N) is 5. The van der Waals surface area contributed by atoms with Crippen LogP contribution < -0.4 is 10.5 Å². The van der Waals surface area contributed by atoms with E-state index in [-0.39, 0.29) is 18.1 Å². The van der Waals surface area contributed by atoms with Gasteiger partial charge in [-0.25, -0.2) is 9.49 Å². The number of H-pyrrole nitrogens is 1. The average Bonchev–Trinajstić information content (AvgIpc) is 3.45. The summed E-state index contributed by atoms with van der Waals surface area (Å²) in [6, 6.07) is 4.77. The van der Waals surface area contributed by atoms with E-state index in [2.05, 4.69) is 10.1 Å². The number of carbonyl (C=O) groups is 1. The lowest BCUT2D eigenvalue weighted by molar-refractivity contribution is -0.139. The number of fused-ring (bicyclic) bond motifs is 1. The molecule has 1 N–H and O–H groups in total. The summed E-state index contributed by atoms with van der Waals surface area (Å²) in [5.74, 6) is -0.556. The minimum Gasteiger partial charge on any atom is -0.423 e. The number of benzene rings is 1. The van der Waals surface area contributed by atoms with Gasteiger partial charge in [-0.05, 0) is 37.6 Å². The van der Waals surface area contributed by atoms with Gasteiger partial charge in [-0.1, -0.05) is 0 Å². The molecule has 4 heterocycles. The summed E-state index contributed by atoms with van der Waals surface area (Å²) in [6.07, 6.45) is -3.55. The van der Waals surface area contributed by atoms with Crippen molar-refractivity contribution in [3.63, 3.8) is 0 Å². The first-order chi connectivity index (χ1) is 16.7. The summed E-state index contributed by atoms with van der Waals surface area (Å²) >= 11 is 0. The fourth-order valence-corrected chi connectivity index (χ4v) is 4.60. The highest BCUT2D eigenvalue weighted by Crippen LogP contribution is 2.33. The monoisotopic (exact) mass is 494 g/mol. The van der Waals surface area contributed by atoms with Gasteiger partial charge < -0.3 is 14.2 Å². The molecule has 9 nitrogen and oxygen atoms in total. The Hall–Kier alpha value is -3.48. The van der Waals surface area contributed by atoms with Crippen molar-refractivity contribution in [3.8, 4) is 0 Å². The second-order valence-electron chi connectivity index (χ2n) is 8.64. The Bertz CT molecular complexity index is 1300. The summed E-state index contributed by atoms with van der Waals surface area (Å²) in [4.78, 5) is 34.2. The second kappa shape index (κ2) is 8.95. The lowest BCUT2D eigenvalue weighted by Gasteiger charge is -2.35. The van der Waals surface area contributed by atoms with Crippen LogP contribution in [0, 0.1) is 5.82 Å². The highest BCUT2D eigenvalue weighted by Gasteiger charge is 2.37. The van der Waals surface area contributed by atoms with E-state index in [1.165, 1.54) is 12.1 Å². The van der Waals surface area contributed by atoms with E-state index in [1.54, 1.807) is 15.9 Å². The third-order valence-corrected chi connectivity index (χ3v) is 6.41. The van der Waals surface area contributed by atoms with Crippen LogP contribution in [0.25, 0.3) is 11.1 Å². The molecule has 1 atom stereocenters. The SMILES string of the molecule is O=C(CN1CCCC1c1cc(C(F)(F)F)c(=O)[nH]n1)N1CCN(c2nc3ccc(F)cc3o2)CC1. The molecule has 0 spiro atoms. The molecular weight excluding hydrogens is 472 g/mol. The number of oxazole rings is 1. The van der Waals surface area contributed by atoms with E-state index in [4.69, 9.17) is 4.42 Å². The minimum absolute atomic E-state index is 0.0367. The Balaban J connectivity index is 1.22. The van der Waals surface area contributed by atoms with Crippen molar-refractivity contribution in [1.29, 1.82) is 0 Å². The van der Waals surface area contributed by atoms with E-state index >= 15 is 0 Å². The highest BCUT2D eigenvalue weighted by molar-refractivity contribution is 5.79. The van der Waals surface area contributed by atoms with E-state index in [1.807, 2.05) is 10.00 Å². The zero-order valence-corrected chi connectivity index (χ0v) is 18.5. The van der Waals surface area contributed by atoms with Crippen LogP contribution >= 0.6 is 0 Å². The Labute approximate surface area is 196 Å². The molecule has 2 aliphatic rings. The number of likely N-dealkylation sites (tertiary alicyclic amines) is 1. The summed E-state index contributed by atoms with van der Waals surface area (Å²) in [6.45, 7) is 2.36. The number of carbonyl (C=O) groups excluding carboxylic acids is 1. The van der Waals surface area contributed by atoms with Crippen molar-refractivity contribution in [3.05, 3.63) is 51.7 Å². The Morgan fingerprint density at radius 3 is 2.66 bits per heavy atom. The molecule has 2 aromatic heterocycles. The molecule has 13 heteroatoms. The first kappa shape index (κ1) is 23.3. The molecule has 0 bridgehead atoms. The number of rotatable bonds is 4. The van der Waals surface area contributed by atoms with Crippen LogP contribution in [0.5, 0.6) is 0 Å². The smallest absolute Gasteiger partial charge is 0.421 e. The summed E-state index contributed by atoms with van der Waals surface area (Å²) < 4.78 is 58.5. The standard InChI is InChI=1S/C22H22F4N6O3/c23-13-3-4-15-18(10-13)35-21(27-15)31-8-6-30(7-9-31)19(33)12-32-5-1-2-17(32)16-11-14(22(24,25)26)20(34)29-28-16/h3-4,10-11,17H,1-2,5-9,12H2,(H,29,34). The number of piperazine rings is 1. The van der Waals surface area contributed by atoms with E-state index in [0.29, 0.717) is 62.7 Å². The van der Waals surface area contributed by atoms with Crippen LogP contribution in [0.15, 0.2) is 33.5 Å². The molecule has 1 amide bonds. The number of aromatic amines is 1. The van der Waals surface area contributed by atoms with Gasteiger partial charge in [0.05, 0.1) is 18.3 Å². The van der Waals surface area contributed by atoms with Gasteiger partial charge in [0.1, 0.15) is 16.9 Å². The predicted molar refractivity (Wildman–Crippen MR) is 116 cm³/mol. The zero-order chi connectivity index (χ0) is 24.7. The van der Waals surface area contributed by atoms with Crippen molar-refractivity contribution in [2.45, 2.75) is 25.1 Å². The first-order valence-electron chi connectivity index (χ1n) is 11.2. The van der Waals surface area contributed by atoms with Gasteiger partial charge in [0.2, 0.25) is 5.91 Å². The van der Waals surface area contributed by atoms with Gasteiger partial charge in [-0.3, -0.25) is 14.5 Å². The maximum atomic E-state index is 13.4. The van der Waals surface area contributed by atoms with Crippen LogP contribution in [-0.2, 0) is 11.0 Å². The van der Waals surface area contributed by atoms with E-state index in [9.17, 15) is 27.2 Å². The van der Waals surface area contributed by atoms with Crippen molar-refractivity contribution in [2.75, 3.05) is 44.2 Å². The number of halogens is 4. The van der Waals surface area contributed by atoms with Crippen LogP contribution in [0.3, 0.4) is 0 Å². The molecule has 0 aliphatic carbocycles. The number of alkyl halides is 3. The zero-order valence-electron chi connectivity index (χ0n) is 18.5. The quantitative estimate of drug-likeness (QED) is 0.557. The molecular formula is C22H22F4N6O3. The number of hydrogen-bond acceptors (Lipinski definition) is 7. The Morgan fingerprint density at radius 2 is 1.91 bits per heavy atom. The van der Waals surface area contributed by atoms with Gasteiger partial charge >= 0.3 is 6.18 Å². The summed E-state index contributed by atoms with van der Waals surface area (Å²) in [5, 5.41) is 5.75. The van der Waals surface area contributed by atoms with Crippen molar-refractivity contribution < 1.29 is 26.8 Å². The number of nitrogens with one attached hydrogen (secondary N) is 1. The van der Waals surface area contributed by atoms with Crippen LogP contribution in [0.2, 0.25) is 0 Å². The van der Waals surface area contributed by atoms with Gasteiger partial charge in [0.25, 0.3) is 11.6 Å². The number of amides is 1. The van der Waals surface area contributed by atoms with Crippen LogP contribution in [0.4, 0.5) is 23.6 Å². The predicted octanol–water partition coefficient (Wildman–Crippen LogP) is 2.55. The number of hydrogen-bond donors (Lipinski definition) is 1. The maximum Gasteiger partial charge on any atom is 0.421 e. The Morgan fingerprint density at radius 1 is 1.14 bits per heavy atom. The molecule has 186 valence electrons. The fraction of sp³-hybridized carbons (Fsp3) is 0.455. The van der Waals surface area contributed by atoms with Gasteiger partial charge in [-0.2, -0.15) is 23.3 Å². The molecule has 0 saturated carbocycles. The lowest BCUT2D eigenvalue weighted by Crippen LogP contribution is -2.51. The third-order valence-electron chi connectivity index (χ3n) is 6.41. The molecule has 3 aromatic rings. The van der Waals surface area contributed by atoms with Crippen LogP contribution in [-0.4, -0.2) is 70.2 Å². The molecule has 35 heavy (non-hydrogen) atoms. The van der Waals surface area contributed by atoms with Crippen molar-refractivity contribution in [2.24, 2.45) is 0 Å². The highest BCUT2D eigenvalue weighted by atomic mass is 19.4. The molecule has 0 radical (unpaired) electrons. The van der Waals surface area contributed by atoms with Crippen molar-refractivity contribution in [1.82, 2.24) is 25.0 Å². The first-order valence-corrected chi connectivity index (χ1v) is 11.2. The van der Waals surface area contributed by atoms with E-state index in [0.717, 1.165) is 6.07 Å². The number of anilines is 1. The van der Waals surface area contributed by atoms with Crippen molar-refractivity contribution >= 4 is 23.0 Å². The fourth-order valence-electron chi connectivity index (χ4n) is 4.60. The van der Waals surface area contributed by atoms with Gasteiger partial charge in [-0.15, -0.1) is 0 Å².